The minimum absolute atomic E-state index is 0.137. The second-order valence-electron chi connectivity index (χ2n) is 7.28. The molecule has 12 heteroatoms. The van der Waals surface area contributed by atoms with Crippen LogP contribution in [0.1, 0.15) is 11.1 Å². The zero-order valence-corrected chi connectivity index (χ0v) is 19.2. The van der Waals surface area contributed by atoms with Crippen LogP contribution in [0.4, 0.5) is 22.0 Å². The van der Waals surface area contributed by atoms with Crippen LogP contribution < -0.4 is 4.74 Å². The molecule has 0 radical (unpaired) electrons. The van der Waals surface area contributed by atoms with E-state index in [0.717, 1.165) is 42.1 Å². The molecule has 0 fully saturated rings. The molecule has 35 heavy (non-hydrogen) atoms. The van der Waals surface area contributed by atoms with Crippen molar-refractivity contribution in [1.82, 2.24) is 3.97 Å². The maximum atomic E-state index is 15.2. The van der Waals surface area contributed by atoms with E-state index in [1.54, 1.807) is 25.1 Å². The summed E-state index contributed by atoms with van der Waals surface area (Å²) in [4.78, 5) is -0.866. The number of thioether (sulfide) groups is 1. The van der Waals surface area contributed by atoms with Gasteiger partial charge >= 0.3 is 5.51 Å². The van der Waals surface area contributed by atoms with Gasteiger partial charge in [0.2, 0.25) is 0 Å². The third-order valence-electron chi connectivity index (χ3n) is 4.89. The highest BCUT2D eigenvalue weighted by Crippen LogP contribution is 2.48. The normalized spacial score (nSPS) is 12.0. The molecule has 0 spiro atoms. The first kappa shape index (κ1) is 24.6. The van der Waals surface area contributed by atoms with Gasteiger partial charge in [-0.2, -0.15) is 18.4 Å². The minimum atomic E-state index is -4.88. The summed E-state index contributed by atoms with van der Waals surface area (Å²) in [7, 11) is -4.26. The summed E-state index contributed by atoms with van der Waals surface area (Å²) in [5, 5.41) is 8.73. The molecule has 180 valence electrons. The number of benzene rings is 3. The van der Waals surface area contributed by atoms with E-state index < -0.39 is 55.1 Å². The molecule has 4 rings (SSSR count). The highest BCUT2D eigenvalue weighted by atomic mass is 32.2. The maximum absolute atomic E-state index is 15.2. The zero-order valence-electron chi connectivity index (χ0n) is 17.6. The lowest BCUT2D eigenvalue weighted by Gasteiger charge is -2.16. The number of rotatable bonds is 5. The van der Waals surface area contributed by atoms with Gasteiger partial charge in [-0.3, -0.25) is 0 Å². The molecule has 0 aliphatic rings. The van der Waals surface area contributed by atoms with Crippen LogP contribution in [-0.2, 0) is 10.0 Å². The molecule has 0 atom stereocenters. The van der Waals surface area contributed by atoms with Gasteiger partial charge in [-0.05, 0) is 49.0 Å². The Hall–Kier alpha value is -3.56. The van der Waals surface area contributed by atoms with Crippen LogP contribution in [0.3, 0.4) is 0 Å². The number of nitrogens with zero attached hydrogens (tertiary/aromatic N) is 2. The second-order valence-corrected chi connectivity index (χ2v) is 10.2. The fourth-order valence-electron chi connectivity index (χ4n) is 3.29. The highest BCUT2D eigenvalue weighted by molar-refractivity contribution is 8.00. The number of alkyl halides is 3. The van der Waals surface area contributed by atoms with Crippen molar-refractivity contribution >= 4 is 32.7 Å². The topological polar surface area (TPSA) is 72.1 Å². The molecular weight excluding hydrogens is 511 g/mol. The van der Waals surface area contributed by atoms with E-state index in [-0.39, 0.29) is 21.5 Å². The van der Waals surface area contributed by atoms with E-state index >= 15 is 4.39 Å². The lowest BCUT2D eigenvalue weighted by atomic mass is 10.2. The Labute approximate surface area is 200 Å². The highest BCUT2D eigenvalue weighted by Gasteiger charge is 2.34. The molecule has 4 aromatic rings. The molecule has 0 N–H and O–H groups in total. The predicted octanol–water partition coefficient (Wildman–Crippen LogP) is 6.74. The van der Waals surface area contributed by atoms with Gasteiger partial charge in [-0.15, -0.1) is 0 Å². The van der Waals surface area contributed by atoms with Crippen molar-refractivity contribution < 1.29 is 35.1 Å². The van der Waals surface area contributed by atoms with Crippen LogP contribution in [-0.4, -0.2) is 17.9 Å². The maximum Gasteiger partial charge on any atom is 0.446 e. The van der Waals surface area contributed by atoms with Gasteiger partial charge in [0.05, 0.1) is 20.9 Å². The van der Waals surface area contributed by atoms with E-state index in [2.05, 4.69) is 0 Å². The molecule has 0 unspecified atom stereocenters. The summed E-state index contributed by atoms with van der Waals surface area (Å²) < 4.78 is 101. The van der Waals surface area contributed by atoms with Gasteiger partial charge < -0.3 is 4.74 Å². The van der Waals surface area contributed by atoms with Crippen LogP contribution in [0.25, 0.3) is 10.9 Å². The zero-order chi connectivity index (χ0) is 25.5. The van der Waals surface area contributed by atoms with Crippen molar-refractivity contribution in [2.24, 2.45) is 0 Å². The van der Waals surface area contributed by atoms with Gasteiger partial charge in [-0.1, -0.05) is 17.7 Å². The summed E-state index contributed by atoms with van der Waals surface area (Å²) in [6.45, 7) is 1.75. The van der Waals surface area contributed by atoms with Crippen LogP contribution in [0.2, 0.25) is 0 Å². The van der Waals surface area contributed by atoms with E-state index in [9.17, 15) is 26.0 Å². The first-order valence-corrected chi connectivity index (χ1v) is 12.0. The van der Waals surface area contributed by atoms with E-state index in [0.29, 0.717) is 3.97 Å². The van der Waals surface area contributed by atoms with Gasteiger partial charge in [0.25, 0.3) is 10.0 Å². The average Bonchev–Trinajstić information content (AvgIpc) is 3.21. The fourth-order valence-corrected chi connectivity index (χ4v) is 5.38. The number of halogens is 5. The van der Waals surface area contributed by atoms with Gasteiger partial charge in [-0.25, -0.2) is 21.2 Å². The average molecular weight is 524 g/mol. The minimum Gasteiger partial charge on any atom is -0.453 e. The smallest absolute Gasteiger partial charge is 0.446 e. The number of aryl methyl sites for hydroxylation is 1. The van der Waals surface area contributed by atoms with Crippen molar-refractivity contribution in [1.29, 1.82) is 5.26 Å². The summed E-state index contributed by atoms with van der Waals surface area (Å²) in [5.74, 6) is -3.30. The largest absolute Gasteiger partial charge is 0.453 e. The Balaban J connectivity index is 1.91. The first-order valence-electron chi connectivity index (χ1n) is 9.70. The molecule has 0 saturated carbocycles. The first-order chi connectivity index (χ1) is 16.4. The molecular formula is C23H13F5N2O3S2. The SMILES string of the molecule is Cc1ccc(S(=O)(=O)n2ccc3c(SC(F)(F)F)c(Oc4ccc(F)c(C#N)c4)c(F)cc32)cc1. The third-order valence-corrected chi connectivity index (χ3v) is 7.44. The molecule has 0 amide bonds. The summed E-state index contributed by atoms with van der Waals surface area (Å²) in [6, 6.07) is 11.9. The number of fused-ring (bicyclic) bond motifs is 1. The van der Waals surface area contributed by atoms with Crippen molar-refractivity contribution in [3.05, 3.63) is 83.6 Å². The lowest BCUT2D eigenvalue weighted by molar-refractivity contribution is -0.0328. The van der Waals surface area contributed by atoms with Gasteiger partial charge in [0, 0.05) is 23.7 Å². The van der Waals surface area contributed by atoms with E-state index in [1.165, 1.54) is 12.1 Å². The Morgan fingerprint density at radius 3 is 2.31 bits per heavy atom. The Kier molecular flexibility index (Phi) is 6.25. The Morgan fingerprint density at radius 1 is 1.00 bits per heavy atom. The van der Waals surface area contributed by atoms with Gasteiger partial charge in [0.15, 0.2) is 11.6 Å². The van der Waals surface area contributed by atoms with Crippen molar-refractivity contribution in [2.75, 3.05) is 0 Å². The van der Waals surface area contributed by atoms with Crippen molar-refractivity contribution in [3.63, 3.8) is 0 Å². The fraction of sp³-hybridized carbons (Fsp3) is 0.0870. The molecule has 0 aliphatic heterocycles. The number of nitriles is 1. The predicted molar refractivity (Wildman–Crippen MR) is 119 cm³/mol. The van der Waals surface area contributed by atoms with Crippen LogP contribution in [0.15, 0.2) is 70.6 Å². The monoisotopic (exact) mass is 524 g/mol. The Bertz CT molecular complexity index is 1590. The van der Waals surface area contributed by atoms with Crippen molar-refractivity contribution in [2.45, 2.75) is 22.2 Å². The summed E-state index contributed by atoms with van der Waals surface area (Å²) in [5.41, 5.74) is -4.88. The van der Waals surface area contributed by atoms with Gasteiger partial charge in [0.1, 0.15) is 17.6 Å². The Morgan fingerprint density at radius 2 is 1.69 bits per heavy atom. The molecule has 1 aromatic heterocycles. The number of hydrogen-bond acceptors (Lipinski definition) is 5. The third kappa shape index (κ3) is 4.82. The second kappa shape index (κ2) is 8.90. The molecule has 5 nitrogen and oxygen atoms in total. The van der Waals surface area contributed by atoms with Crippen LogP contribution >= 0.6 is 11.8 Å². The summed E-state index contributed by atoms with van der Waals surface area (Å²) >= 11 is -0.687. The molecule has 0 bridgehead atoms. The number of aromatic nitrogens is 1. The van der Waals surface area contributed by atoms with Crippen LogP contribution in [0.5, 0.6) is 11.5 Å². The molecule has 0 saturated heterocycles. The molecule has 0 aliphatic carbocycles. The molecule has 3 aromatic carbocycles. The van der Waals surface area contributed by atoms with Crippen molar-refractivity contribution in [3.8, 4) is 17.6 Å². The quantitative estimate of drug-likeness (QED) is 0.214. The standard InChI is InChI=1S/C23H13F5N2O3S2/c1-13-2-5-16(6-3-13)35(31,32)30-9-8-17-20(30)11-19(25)21(22(17)34-23(26,27)28)33-15-4-7-18(24)14(10-15)12-29/h2-11H,1H3. The van der Waals surface area contributed by atoms with E-state index in [1.807, 2.05) is 0 Å². The molecule has 1 heterocycles. The van der Waals surface area contributed by atoms with E-state index in [4.69, 9.17) is 10.00 Å². The lowest BCUT2D eigenvalue weighted by Crippen LogP contribution is -2.12. The number of ether oxygens (including phenoxy) is 1. The number of hydrogen-bond donors (Lipinski definition) is 0. The summed E-state index contributed by atoms with van der Waals surface area (Å²) in [6.07, 6.45) is 1.02. The van der Waals surface area contributed by atoms with Crippen LogP contribution in [0, 0.1) is 29.9 Å².